The van der Waals surface area contributed by atoms with E-state index in [0.717, 1.165) is 30.8 Å². The summed E-state index contributed by atoms with van der Waals surface area (Å²) in [5, 5.41) is 0.206. The Hall–Kier alpha value is -0.480. The van der Waals surface area contributed by atoms with Gasteiger partial charge in [0.1, 0.15) is 5.83 Å². The van der Waals surface area contributed by atoms with Gasteiger partial charge in [-0.3, -0.25) is 9.11 Å². The molecule has 0 N–H and O–H groups in total. The summed E-state index contributed by atoms with van der Waals surface area (Å²) in [5.41, 5.74) is 0.809. The second kappa shape index (κ2) is 5.44. The molecule has 0 radical (unpaired) electrons. The van der Waals surface area contributed by atoms with Crippen molar-refractivity contribution in [2.24, 2.45) is 5.92 Å². The molecule has 1 saturated heterocycles. The highest BCUT2D eigenvalue weighted by Gasteiger charge is 2.24. The Bertz CT molecular complexity index is 378. The molecule has 4 heteroatoms. The monoisotopic (exact) mass is 257 g/mol. The number of hydrogen-bond donors (Lipinski definition) is 0. The number of halogens is 1. The lowest BCUT2D eigenvalue weighted by Crippen LogP contribution is -2.43. The van der Waals surface area contributed by atoms with Crippen molar-refractivity contribution >= 4 is 10.8 Å². The van der Waals surface area contributed by atoms with Gasteiger partial charge in [-0.2, -0.15) is 0 Å². The van der Waals surface area contributed by atoms with Crippen molar-refractivity contribution in [2.75, 3.05) is 25.4 Å². The van der Waals surface area contributed by atoms with E-state index in [1.54, 1.807) is 6.08 Å². The molecule has 2 nitrogen and oxygen atoms in total. The average molecular weight is 257 g/mol. The third kappa shape index (κ3) is 3.26. The molecular formula is C13H20FNOS. The Morgan fingerprint density at radius 2 is 2.29 bits per heavy atom. The fraction of sp³-hybridized carbons (Fsp3) is 0.692. The first-order valence-electron chi connectivity index (χ1n) is 6.22. The quantitative estimate of drug-likeness (QED) is 0.756. The van der Waals surface area contributed by atoms with Gasteiger partial charge in [0.2, 0.25) is 0 Å². The predicted molar refractivity (Wildman–Crippen MR) is 70.0 cm³/mol. The van der Waals surface area contributed by atoms with Crippen LogP contribution in [0, 0.1) is 5.92 Å². The summed E-state index contributed by atoms with van der Waals surface area (Å²) in [4.78, 5) is 2.21. The molecule has 0 aromatic heterocycles. The van der Waals surface area contributed by atoms with Crippen molar-refractivity contribution < 1.29 is 8.60 Å². The molecule has 1 aliphatic carbocycles. The summed E-state index contributed by atoms with van der Waals surface area (Å²) >= 11 is 0. The summed E-state index contributed by atoms with van der Waals surface area (Å²) in [6.45, 7) is 6.40. The van der Waals surface area contributed by atoms with Gasteiger partial charge < -0.3 is 0 Å². The summed E-state index contributed by atoms with van der Waals surface area (Å²) in [6, 6.07) is 0. The first kappa shape index (κ1) is 13.0. The second-order valence-corrected chi connectivity index (χ2v) is 7.06. The van der Waals surface area contributed by atoms with Crippen LogP contribution in [0.2, 0.25) is 0 Å². The van der Waals surface area contributed by atoms with E-state index in [-0.39, 0.29) is 11.1 Å². The van der Waals surface area contributed by atoms with E-state index >= 15 is 0 Å². The third-order valence-corrected chi connectivity index (χ3v) is 5.06. The SMILES string of the molecule is CC1C=C(CN2CCS(=O)C(C)C2)C(F)=CC1. The van der Waals surface area contributed by atoms with Crippen LogP contribution in [-0.2, 0) is 10.8 Å². The van der Waals surface area contributed by atoms with Crippen LogP contribution >= 0.6 is 0 Å². The fourth-order valence-electron chi connectivity index (χ4n) is 2.38. The molecule has 0 aromatic rings. The van der Waals surface area contributed by atoms with E-state index in [9.17, 15) is 8.60 Å². The van der Waals surface area contributed by atoms with Crippen LogP contribution < -0.4 is 0 Å². The van der Waals surface area contributed by atoms with Crippen LogP contribution in [0.3, 0.4) is 0 Å². The van der Waals surface area contributed by atoms with Gasteiger partial charge in [-0.15, -0.1) is 0 Å². The smallest absolute Gasteiger partial charge is 0.123 e. The number of allylic oxidation sites excluding steroid dienone is 2. The van der Waals surface area contributed by atoms with Crippen LogP contribution in [0.5, 0.6) is 0 Å². The Labute approximate surface area is 105 Å². The van der Waals surface area contributed by atoms with Crippen molar-refractivity contribution in [1.29, 1.82) is 0 Å². The van der Waals surface area contributed by atoms with E-state index in [4.69, 9.17) is 0 Å². The molecule has 0 aromatic carbocycles. The van der Waals surface area contributed by atoms with E-state index < -0.39 is 10.8 Å². The summed E-state index contributed by atoms with van der Waals surface area (Å²) < 4.78 is 25.2. The van der Waals surface area contributed by atoms with Crippen LogP contribution in [0.25, 0.3) is 0 Å². The Kier molecular flexibility index (Phi) is 4.15. The first-order chi connectivity index (χ1) is 8.06. The van der Waals surface area contributed by atoms with Gasteiger partial charge in [0.15, 0.2) is 0 Å². The van der Waals surface area contributed by atoms with E-state index in [1.807, 2.05) is 13.0 Å². The van der Waals surface area contributed by atoms with Crippen LogP contribution in [0.1, 0.15) is 20.3 Å². The Balaban J connectivity index is 1.97. The maximum Gasteiger partial charge on any atom is 0.123 e. The van der Waals surface area contributed by atoms with Gasteiger partial charge in [-0.1, -0.05) is 13.0 Å². The molecule has 96 valence electrons. The second-order valence-electron chi connectivity index (χ2n) is 5.09. The normalized spacial score (nSPS) is 35.4. The van der Waals surface area contributed by atoms with E-state index in [2.05, 4.69) is 11.8 Å². The van der Waals surface area contributed by atoms with Gasteiger partial charge in [0.05, 0.1) is 0 Å². The molecule has 0 amide bonds. The molecule has 2 rings (SSSR count). The molecule has 1 fully saturated rings. The van der Waals surface area contributed by atoms with Crippen molar-refractivity contribution in [2.45, 2.75) is 25.5 Å². The van der Waals surface area contributed by atoms with Crippen LogP contribution in [-0.4, -0.2) is 39.7 Å². The molecule has 1 aliphatic heterocycles. The van der Waals surface area contributed by atoms with E-state index in [0.29, 0.717) is 12.5 Å². The Morgan fingerprint density at radius 3 is 3.00 bits per heavy atom. The molecule has 0 spiro atoms. The van der Waals surface area contributed by atoms with Gasteiger partial charge in [-0.05, 0) is 30.9 Å². The average Bonchev–Trinajstić information content (AvgIpc) is 2.29. The number of rotatable bonds is 2. The van der Waals surface area contributed by atoms with Crippen LogP contribution in [0.4, 0.5) is 4.39 Å². The maximum atomic E-state index is 13.7. The van der Waals surface area contributed by atoms with Gasteiger partial charge in [0.25, 0.3) is 0 Å². The molecule has 3 atom stereocenters. The topological polar surface area (TPSA) is 20.3 Å². The minimum atomic E-state index is -0.697. The molecule has 0 bridgehead atoms. The lowest BCUT2D eigenvalue weighted by atomic mass is 9.97. The molecule has 2 aliphatic rings. The maximum absolute atomic E-state index is 13.7. The van der Waals surface area contributed by atoms with Crippen molar-refractivity contribution in [1.82, 2.24) is 4.90 Å². The van der Waals surface area contributed by atoms with Gasteiger partial charge in [-0.25, -0.2) is 4.39 Å². The highest BCUT2D eigenvalue weighted by Crippen LogP contribution is 2.25. The summed E-state index contributed by atoms with van der Waals surface area (Å²) in [6.07, 6.45) is 4.52. The summed E-state index contributed by atoms with van der Waals surface area (Å²) in [7, 11) is -0.697. The van der Waals surface area contributed by atoms with Crippen molar-refractivity contribution in [3.63, 3.8) is 0 Å². The lowest BCUT2D eigenvalue weighted by Gasteiger charge is -2.31. The molecule has 3 unspecified atom stereocenters. The predicted octanol–water partition coefficient (Wildman–Crippen LogP) is 2.26. The molecule has 0 saturated carbocycles. The van der Waals surface area contributed by atoms with Crippen LogP contribution in [0.15, 0.2) is 23.6 Å². The highest BCUT2D eigenvalue weighted by molar-refractivity contribution is 7.85. The number of nitrogens with zero attached hydrogens (tertiary/aromatic N) is 1. The molecule has 1 heterocycles. The molecule has 17 heavy (non-hydrogen) atoms. The Morgan fingerprint density at radius 1 is 1.53 bits per heavy atom. The number of hydrogen-bond acceptors (Lipinski definition) is 2. The first-order valence-corrected chi connectivity index (χ1v) is 7.60. The summed E-state index contributed by atoms with van der Waals surface area (Å²) in [5.74, 6) is 1.08. The largest absolute Gasteiger partial charge is 0.297 e. The fourth-order valence-corrected chi connectivity index (χ4v) is 3.60. The zero-order valence-electron chi connectivity index (χ0n) is 10.5. The van der Waals surface area contributed by atoms with E-state index in [1.165, 1.54) is 0 Å². The lowest BCUT2D eigenvalue weighted by molar-refractivity contribution is 0.302. The van der Waals surface area contributed by atoms with Gasteiger partial charge >= 0.3 is 0 Å². The highest BCUT2D eigenvalue weighted by atomic mass is 32.2. The molecular weight excluding hydrogens is 237 g/mol. The standard InChI is InChI=1S/C13H20FNOS/c1-10-3-4-13(14)12(7-10)9-15-5-6-17(16)11(2)8-15/h4,7,10-11H,3,5-6,8-9H2,1-2H3. The van der Waals surface area contributed by atoms with Crippen molar-refractivity contribution in [3.05, 3.63) is 23.6 Å². The minimum Gasteiger partial charge on any atom is -0.297 e. The zero-order valence-corrected chi connectivity index (χ0v) is 11.3. The third-order valence-electron chi connectivity index (χ3n) is 3.43. The van der Waals surface area contributed by atoms with Crippen molar-refractivity contribution in [3.8, 4) is 0 Å². The van der Waals surface area contributed by atoms with Gasteiger partial charge in [0, 0.05) is 41.4 Å². The zero-order chi connectivity index (χ0) is 12.4. The minimum absolute atomic E-state index is 0.0672.